The summed E-state index contributed by atoms with van der Waals surface area (Å²) in [6.45, 7) is 19.6. The molecule has 11 rings (SSSR count). The van der Waals surface area contributed by atoms with Gasteiger partial charge in [0.15, 0.2) is 0 Å². The van der Waals surface area contributed by atoms with Crippen molar-refractivity contribution < 1.29 is 52.9 Å². The number of amides is 4. The number of nitrogens with zero attached hydrogens (tertiary/aromatic N) is 9. The number of fused-ring (bicyclic) bond motifs is 2. The van der Waals surface area contributed by atoms with Crippen molar-refractivity contribution in [3.05, 3.63) is 169 Å². The quantitative estimate of drug-likeness (QED) is 0.0251. The summed E-state index contributed by atoms with van der Waals surface area (Å²) >= 11 is 0. The van der Waals surface area contributed by atoms with E-state index in [0.29, 0.717) is 102 Å². The standard InChI is InChI=1S/C30H37N5O4.C30H36N4O4.C6H5N3O5.2CH4/c1-4-39-27-15-26-23(25(19-35(26)31)28(36)30(38)32-12-8-9-13-32)14-24(27)29(37)34-17-20(2)33(16-21(34)3)18-22-10-6-5-7-11-22;1-4-38-27-15-26-23(25(16-31-26)28(35)30(37)32-12-8-9-13-32)14-24(27)29(36)34-18-20(2)33(17-21(34)3)19-22-10-6-5-7-11-22;7-14-6-2-1-4(8(10)11)3-5(6)9(12)13;;/h5-7,10-11,14-15,19-21H,4,8-9,12-13,16-18,31H2,1-3H3;5-7,10-11,14-16,20-21,31H,4,8-9,12-13,17-19H2,1-3H3;1-3H,7H2;2*1H4/t2*20-,21+;;;/m00.../s1. The molecule has 4 atom stereocenters. The maximum atomic E-state index is 14.0. The first kappa shape index (κ1) is 70.7. The van der Waals surface area contributed by atoms with E-state index in [-0.39, 0.29) is 62.1 Å². The van der Waals surface area contributed by atoms with Crippen molar-refractivity contribution in [2.75, 3.05) is 71.4 Å². The average Bonchev–Trinajstić information content (AvgIpc) is 1.69. The zero-order valence-electron chi connectivity index (χ0n) is 52.1. The molecule has 0 aliphatic carbocycles. The molecule has 2 aromatic heterocycles. The number of H-pyrrole nitrogens is 1. The Morgan fingerprint density at radius 1 is 0.559 bits per heavy atom. The Morgan fingerprint density at radius 2 is 1.02 bits per heavy atom. The molecule has 93 heavy (non-hydrogen) atoms. The summed E-state index contributed by atoms with van der Waals surface area (Å²) in [5.74, 6) is 9.16. The van der Waals surface area contributed by atoms with Crippen LogP contribution in [-0.4, -0.2) is 174 Å². The van der Waals surface area contributed by atoms with Gasteiger partial charge in [-0.2, -0.15) is 5.90 Å². The predicted molar refractivity (Wildman–Crippen MR) is 355 cm³/mol. The van der Waals surface area contributed by atoms with Crippen LogP contribution in [0.25, 0.3) is 21.8 Å². The van der Waals surface area contributed by atoms with Crippen molar-refractivity contribution in [3.8, 4) is 17.2 Å². The minimum absolute atomic E-state index is 0. The number of carbonyl (C=O) groups excluding carboxylic acids is 6. The van der Waals surface area contributed by atoms with Gasteiger partial charge in [-0.15, -0.1) is 0 Å². The highest BCUT2D eigenvalue weighted by atomic mass is 16.6. The van der Waals surface area contributed by atoms with Crippen molar-refractivity contribution in [1.29, 1.82) is 0 Å². The van der Waals surface area contributed by atoms with Crippen LogP contribution in [0.5, 0.6) is 17.2 Å². The first-order valence-electron chi connectivity index (χ1n) is 30.7. The Bertz CT molecular complexity index is 3830. The molecule has 0 unspecified atom stereocenters. The first-order valence-corrected chi connectivity index (χ1v) is 30.7. The number of likely N-dealkylation sites (tertiary alicyclic amines) is 2. The van der Waals surface area contributed by atoms with Gasteiger partial charge in [-0.1, -0.05) is 75.5 Å². The van der Waals surface area contributed by atoms with E-state index in [1.807, 2.05) is 60.0 Å². The zero-order chi connectivity index (χ0) is 65.2. The van der Waals surface area contributed by atoms with Gasteiger partial charge >= 0.3 is 5.69 Å². The molecule has 0 spiro atoms. The third-order valence-electron chi connectivity index (χ3n) is 17.1. The number of ketones is 2. The van der Waals surface area contributed by atoms with Crippen LogP contribution in [0.4, 0.5) is 11.4 Å². The molecule has 4 aliphatic heterocycles. The number of piperazine rings is 2. The Labute approximate surface area is 541 Å². The number of nitrogen functional groups attached to an aromatic ring is 1. The Balaban J connectivity index is 0.000000215. The number of nitrogens with two attached hydrogens (primary N) is 2. The lowest BCUT2D eigenvalue weighted by atomic mass is 10.0. The second-order valence-corrected chi connectivity index (χ2v) is 23.4. The minimum atomic E-state index is -0.810. The SMILES string of the molecule is C.C.CCOc1cc2[nH]cc(C(=O)C(=O)N3CCCC3)c2cc1C(=O)N1C[C@H](C)N(Cc2ccccc2)C[C@H]1C.CCOc1cc2c(cc1C(=O)N1C[C@H](C)N(Cc3ccccc3)C[C@H]1C)c(C(=O)C(=O)N1CCCC1)cn2N.NOc1ccc([N+](=O)[O-])cc1[N+](=O)[O-]. The van der Waals surface area contributed by atoms with E-state index in [0.717, 1.165) is 70.1 Å². The fourth-order valence-corrected chi connectivity index (χ4v) is 12.2. The number of nitro benzene ring substituents is 2. The number of carbonyl (C=O) groups is 6. The van der Waals surface area contributed by atoms with E-state index >= 15 is 0 Å². The molecular formula is C68H86N12O13. The lowest BCUT2D eigenvalue weighted by Gasteiger charge is -2.44. The zero-order valence-corrected chi connectivity index (χ0v) is 52.1. The molecule has 5 aromatic carbocycles. The van der Waals surface area contributed by atoms with Crippen LogP contribution in [0, 0.1) is 20.2 Å². The molecule has 496 valence electrons. The molecule has 0 radical (unpaired) electrons. The molecule has 25 heteroatoms. The van der Waals surface area contributed by atoms with E-state index in [1.165, 1.54) is 22.0 Å². The molecule has 6 heterocycles. The number of hydrogen-bond donors (Lipinski definition) is 3. The number of nitro groups is 2. The van der Waals surface area contributed by atoms with Gasteiger partial charge in [-0.25, -0.2) is 0 Å². The van der Waals surface area contributed by atoms with Crippen molar-refractivity contribution in [3.63, 3.8) is 0 Å². The maximum absolute atomic E-state index is 14.0. The molecule has 4 aliphatic rings. The molecule has 0 bridgehead atoms. The Kier molecular flexibility index (Phi) is 24.0. The smallest absolute Gasteiger partial charge is 0.320 e. The van der Waals surface area contributed by atoms with Crippen LogP contribution in [-0.2, 0) is 22.7 Å². The normalized spacial score (nSPS) is 18.1. The van der Waals surface area contributed by atoms with Crippen molar-refractivity contribution in [2.24, 2.45) is 5.90 Å². The second-order valence-electron chi connectivity index (χ2n) is 23.4. The number of aromatic nitrogens is 2. The van der Waals surface area contributed by atoms with Crippen LogP contribution in [0.2, 0.25) is 0 Å². The summed E-state index contributed by atoms with van der Waals surface area (Å²) in [7, 11) is 0. The molecular weight excluding hydrogens is 1190 g/mol. The largest absolute Gasteiger partial charge is 0.493 e. The summed E-state index contributed by atoms with van der Waals surface area (Å²) in [5, 5.41) is 21.7. The van der Waals surface area contributed by atoms with Gasteiger partial charge in [-0.3, -0.25) is 63.5 Å². The predicted octanol–water partition coefficient (Wildman–Crippen LogP) is 9.43. The van der Waals surface area contributed by atoms with Crippen LogP contribution < -0.4 is 26.1 Å². The highest BCUT2D eigenvalue weighted by molar-refractivity contribution is 6.45. The number of aromatic amines is 1. The molecule has 4 amide bonds. The Hall–Kier alpha value is -9.72. The highest BCUT2D eigenvalue weighted by Crippen LogP contribution is 2.35. The fraction of sp³-hybridized carbons (Fsp3) is 0.412. The van der Waals surface area contributed by atoms with Crippen LogP contribution in [0.3, 0.4) is 0 Å². The third kappa shape index (κ3) is 16.0. The topological polar surface area (TPSA) is 309 Å². The molecule has 4 saturated heterocycles. The number of rotatable bonds is 17. The van der Waals surface area contributed by atoms with E-state index in [4.69, 9.17) is 21.2 Å². The summed E-state index contributed by atoms with van der Waals surface area (Å²) in [4.78, 5) is 118. The average molecular weight is 1280 g/mol. The third-order valence-corrected chi connectivity index (χ3v) is 17.1. The van der Waals surface area contributed by atoms with Crippen molar-refractivity contribution in [2.45, 2.75) is 119 Å². The van der Waals surface area contributed by atoms with Crippen molar-refractivity contribution >= 4 is 68.4 Å². The number of hydrogen-bond acceptors (Lipinski definition) is 17. The monoisotopic (exact) mass is 1280 g/mol. The summed E-state index contributed by atoms with van der Waals surface area (Å²) in [5.41, 5.74) is 4.04. The van der Waals surface area contributed by atoms with E-state index in [1.54, 1.807) is 40.3 Å². The van der Waals surface area contributed by atoms with Crippen LogP contribution >= 0.6 is 0 Å². The van der Waals surface area contributed by atoms with Gasteiger partial charge in [0.2, 0.25) is 5.75 Å². The summed E-state index contributed by atoms with van der Waals surface area (Å²) in [6.07, 6.45) is 6.65. The highest BCUT2D eigenvalue weighted by Gasteiger charge is 2.37. The molecule has 7 aromatic rings. The van der Waals surface area contributed by atoms with Gasteiger partial charge < -0.3 is 44.7 Å². The summed E-state index contributed by atoms with van der Waals surface area (Å²) in [6, 6.07) is 30.8. The van der Waals surface area contributed by atoms with Crippen LogP contribution in [0.1, 0.15) is 135 Å². The number of non-ortho nitro benzene ring substituents is 1. The Morgan fingerprint density at radius 3 is 1.47 bits per heavy atom. The minimum Gasteiger partial charge on any atom is -0.493 e. The second kappa shape index (κ2) is 31.5. The molecule has 25 nitrogen and oxygen atoms in total. The number of nitrogens with one attached hydrogen (secondary N) is 1. The lowest BCUT2D eigenvalue weighted by molar-refractivity contribution is -0.394. The van der Waals surface area contributed by atoms with Gasteiger partial charge in [0, 0.05) is 136 Å². The van der Waals surface area contributed by atoms with Gasteiger partial charge in [0.1, 0.15) is 11.5 Å². The van der Waals surface area contributed by atoms with Gasteiger partial charge in [-0.05, 0) is 96.6 Å². The lowest BCUT2D eigenvalue weighted by Crippen LogP contribution is -2.57. The van der Waals surface area contributed by atoms with E-state index in [2.05, 4.69) is 71.6 Å². The fourth-order valence-electron chi connectivity index (χ4n) is 12.2. The molecule has 4 fully saturated rings. The first-order chi connectivity index (χ1) is 43.7. The number of Topliss-reactive ketones (excluding diaryl/α,β-unsaturated/α-hetero) is 2. The van der Waals surface area contributed by atoms with Gasteiger partial charge in [0.25, 0.3) is 40.9 Å². The van der Waals surface area contributed by atoms with Crippen molar-refractivity contribution in [1.82, 2.24) is 39.1 Å². The van der Waals surface area contributed by atoms with E-state index in [9.17, 15) is 49.0 Å². The van der Waals surface area contributed by atoms with E-state index < -0.39 is 44.6 Å². The van der Waals surface area contributed by atoms with Crippen LogP contribution in [0.15, 0.2) is 116 Å². The molecule has 5 N–H and O–H groups in total. The number of benzene rings is 5. The number of ether oxygens (including phenoxy) is 2. The summed E-state index contributed by atoms with van der Waals surface area (Å²) < 4.78 is 13.1. The van der Waals surface area contributed by atoms with Gasteiger partial charge in [0.05, 0.1) is 56.9 Å². The maximum Gasteiger partial charge on any atom is 0.320 e. The molecule has 0 saturated carbocycles.